The van der Waals surface area contributed by atoms with Gasteiger partial charge in [-0.3, -0.25) is 14.5 Å². The summed E-state index contributed by atoms with van der Waals surface area (Å²) in [4.78, 5) is 28.5. The summed E-state index contributed by atoms with van der Waals surface area (Å²) >= 11 is 1.67. The van der Waals surface area contributed by atoms with E-state index in [1.165, 1.54) is 24.0 Å². The second kappa shape index (κ2) is 7.32. The van der Waals surface area contributed by atoms with Crippen LogP contribution in [0.5, 0.6) is 11.5 Å². The van der Waals surface area contributed by atoms with Gasteiger partial charge in [-0.25, -0.2) is 0 Å². The summed E-state index contributed by atoms with van der Waals surface area (Å²) in [6.07, 6.45) is 1.46. The average molecular weight is 388 g/mol. The third-order valence-corrected chi connectivity index (χ3v) is 6.20. The minimum atomic E-state index is -0.728. The largest absolute Gasteiger partial charge is 0.493 e. The van der Waals surface area contributed by atoms with Crippen LogP contribution >= 0.6 is 11.3 Å². The lowest BCUT2D eigenvalue weighted by Crippen LogP contribution is -2.57. The molecule has 6 nitrogen and oxygen atoms in total. The Balaban J connectivity index is 1.88. The van der Waals surface area contributed by atoms with E-state index < -0.39 is 17.5 Å². The quantitative estimate of drug-likeness (QED) is 0.737. The van der Waals surface area contributed by atoms with Crippen molar-refractivity contribution in [2.45, 2.75) is 38.3 Å². The molecule has 2 atom stereocenters. The molecule has 2 heterocycles. The Bertz CT molecular complexity index is 861. The zero-order valence-electron chi connectivity index (χ0n) is 15.9. The van der Waals surface area contributed by atoms with Crippen molar-refractivity contribution in [3.8, 4) is 11.5 Å². The summed E-state index contributed by atoms with van der Waals surface area (Å²) in [5, 5.41) is 2.02. The van der Waals surface area contributed by atoms with E-state index >= 15 is 0 Å². The number of imide groups is 1. The van der Waals surface area contributed by atoms with Crippen molar-refractivity contribution in [3.63, 3.8) is 0 Å². The van der Waals surface area contributed by atoms with E-state index in [4.69, 9.17) is 15.2 Å². The molecule has 7 heteroatoms. The second-order valence-electron chi connectivity index (χ2n) is 6.97. The molecule has 2 N–H and O–H groups in total. The highest BCUT2D eigenvalue weighted by atomic mass is 32.1. The topological polar surface area (TPSA) is 81.9 Å². The van der Waals surface area contributed by atoms with E-state index in [-0.39, 0.29) is 17.2 Å². The molecule has 0 saturated heterocycles. The van der Waals surface area contributed by atoms with Gasteiger partial charge in [0.1, 0.15) is 0 Å². The zero-order valence-corrected chi connectivity index (χ0v) is 16.8. The molecule has 27 heavy (non-hydrogen) atoms. The lowest BCUT2D eigenvalue weighted by Gasteiger charge is -2.36. The molecule has 0 radical (unpaired) electrons. The number of carbonyl (C=O) groups is 2. The average Bonchev–Trinajstić information content (AvgIpc) is 3.26. The van der Waals surface area contributed by atoms with E-state index in [9.17, 15) is 9.59 Å². The van der Waals surface area contributed by atoms with Crippen LogP contribution in [0.25, 0.3) is 0 Å². The smallest absolute Gasteiger partial charge is 0.265 e. The van der Waals surface area contributed by atoms with Gasteiger partial charge in [-0.1, -0.05) is 6.07 Å². The number of nitrogens with two attached hydrogens (primary N) is 1. The molecule has 2 amide bonds. The van der Waals surface area contributed by atoms with E-state index in [1.54, 1.807) is 23.5 Å². The number of benzene rings is 1. The summed E-state index contributed by atoms with van der Waals surface area (Å²) in [6.45, 7) is 3.70. The summed E-state index contributed by atoms with van der Waals surface area (Å²) in [5.74, 6) is -0.0530. The van der Waals surface area contributed by atoms with Gasteiger partial charge < -0.3 is 15.2 Å². The maximum atomic E-state index is 13.1. The highest BCUT2D eigenvalue weighted by Gasteiger charge is 2.45. The number of thiophene rings is 1. The molecule has 144 valence electrons. The van der Waals surface area contributed by atoms with Crippen LogP contribution in [0.15, 0.2) is 29.6 Å². The Morgan fingerprint density at radius 1 is 1.19 bits per heavy atom. The van der Waals surface area contributed by atoms with Gasteiger partial charge in [0.05, 0.1) is 31.4 Å². The number of methoxy groups -OCH3 is 2. The molecule has 0 bridgehead atoms. The lowest BCUT2D eigenvalue weighted by molar-refractivity contribution is 0.0521. The van der Waals surface area contributed by atoms with Crippen molar-refractivity contribution in [3.05, 3.63) is 45.6 Å². The molecule has 1 aromatic carbocycles. The SMILES string of the molecule is COc1ccc2c(c1OC)C(=O)N(C(C)C(C)(N)CCc1cccs1)C2=O. The molecule has 0 saturated carbocycles. The molecule has 1 aromatic heterocycles. The monoisotopic (exact) mass is 388 g/mol. The van der Waals surface area contributed by atoms with Crippen LogP contribution in [0.2, 0.25) is 0 Å². The first-order chi connectivity index (χ1) is 12.8. The van der Waals surface area contributed by atoms with Crippen LogP contribution < -0.4 is 15.2 Å². The highest BCUT2D eigenvalue weighted by molar-refractivity contribution is 7.09. The van der Waals surface area contributed by atoms with Gasteiger partial charge in [0.2, 0.25) is 0 Å². The minimum Gasteiger partial charge on any atom is -0.493 e. The van der Waals surface area contributed by atoms with Crippen molar-refractivity contribution in [1.29, 1.82) is 0 Å². The number of nitrogens with zero attached hydrogens (tertiary/aromatic N) is 1. The molecule has 1 aliphatic rings. The number of amides is 2. The number of ether oxygens (including phenoxy) is 2. The fourth-order valence-electron chi connectivity index (χ4n) is 3.36. The van der Waals surface area contributed by atoms with Crippen LogP contribution in [-0.4, -0.2) is 42.5 Å². The van der Waals surface area contributed by atoms with Crippen molar-refractivity contribution in [2.75, 3.05) is 14.2 Å². The van der Waals surface area contributed by atoms with Crippen LogP contribution in [0, 0.1) is 0 Å². The first-order valence-electron chi connectivity index (χ1n) is 8.76. The second-order valence-corrected chi connectivity index (χ2v) is 8.00. The number of aryl methyl sites for hydroxylation is 1. The van der Waals surface area contributed by atoms with Crippen LogP contribution in [0.4, 0.5) is 0 Å². The van der Waals surface area contributed by atoms with Crippen LogP contribution in [-0.2, 0) is 6.42 Å². The van der Waals surface area contributed by atoms with Gasteiger partial charge in [0.15, 0.2) is 11.5 Å². The summed E-state index contributed by atoms with van der Waals surface area (Å²) in [7, 11) is 2.95. The van der Waals surface area contributed by atoms with Gasteiger partial charge in [0, 0.05) is 10.4 Å². The zero-order chi connectivity index (χ0) is 19.8. The molecule has 0 spiro atoms. The first kappa shape index (κ1) is 19.4. The maximum absolute atomic E-state index is 13.1. The fraction of sp³-hybridized carbons (Fsp3) is 0.400. The van der Waals surface area contributed by atoms with Crippen LogP contribution in [0.3, 0.4) is 0 Å². The Morgan fingerprint density at radius 3 is 2.52 bits per heavy atom. The van der Waals surface area contributed by atoms with Crippen molar-refractivity contribution in [1.82, 2.24) is 4.90 Å². The lowest BCUT2D eigenvalue weighted by atomic mass is 9.88. The third kappa shape index (κ3) is 3.33. The Hall–Kier alpha value is -2.38. The molecule has 3 rings (SSSR count). The van der Waals surface area contributed by atoms with Crippen molar-refractivity contribution in [2.24, 2.45) is 5.73 Å². The predicted molar refractivity (Wildman–Crippen MR) is 105 cm³/mol. The Labute approximate surface area is 162 Å². The molecule has 0 aliphatic carbocycles. The summed E-state index contributed by atoms with van der Waals surface area (Å²) in [6, 6.07) is 6.82. The number of hydrogen-bond acceptors (Lipinski definition) is 6. The summed E-state index contributed by atoms with van der Waals surface area (Å²) < 4.78 is 10.6. The van der Waals surface area contributed by atoms with E-state index in [0.29, 0.717) is 17.7 Å². The van der Waals surface area contributed by atoms with E-state index in [1.807, 2.05) is 25.3 Å². The minimum absolute atomic E-state index is 0.239. The normalized spacial score (nSPS) is 16.9. The number of fused-ring (bicyclic) bond motifs is 1. The van der Waals surface area contributed by atoms with Gasteiger partial charge in [-0.05, 0) is 50.3 Å². The van der Waals surface area contributed by atoms with Crippen molar-refractivity contribution < 1.29 is 19.1 Å². The molecular weight excluding hydrogens is 364 g/mol. The van der Waals surface area contributed by atoms with Crippen LogP contribution in [0.1, 0.15) is 45.9 Å². The van der Waals surface area contributed by atoms with Crippen molar-refractivity contribution >= 4 is 23.2 Å². The number of rotatable bonds is 7. The fourth-order valence-corrected chi connectivity index (χ4v) is 4.07. The predicted octanol–water partition coefficient (Wildman–Crippen LogP) is 3.10. The van der Waals surface area contributed by atoms with Gasteiger partial charge in [-0.15, -0.1) is 11.3 Å². The van der Waals surface area contributed by atoms with E-state index in [0.717, 1.165) is 6.42 Å². The number of carbonyl (C=O) groups excluding carboxylic acids is 2. The summed E-state index contributed by atoms with van der Waals surface area (Å²) in [5.41, 5.74) is 6.37. The molecule has 0 fully saturated rings. The third-order valence-electron chi connectivity index (χ3n) is 5.26. The van der Waals surface area contributed by atoms with Gasteiger partial charge in [-0.2, -0.15) is 0 Å². The molecular formula is C20H24N2O4S. The first-order valence-corrected chi connectivity index (χ1v) is 9.64. The van der Waals surface area contributed by atoms with Gasteiger partial charge in [0.25, 0.3) is 11.8 Å². The van der Waals surface area contributed by atoms with E-state index in [2.05, 4.69) is 6.07 Å². The standard InChI is InChI=1S/C20H24N2O4S/c1-12(20(2,21)10-9-13-6-5-11-27-13)22-18(23)14-7-8-15(25-3)17(26-4)16(14)19(22)24/h5-8,11-12H,9-10,21H2,1-4H3. The maximum Gasteiger partial charge on any atom is 0.265 e. The highest BCUT2D eigenvalue weighted by Crippen LogP contribution is 2.40. The Morgan fingerprint density at radius 2 is 1.93 bits per heavy atom. The molecule has 1 aliphatic heterocycles. The Kier molecular flexibility index (Phi) is 5.26. The number of hydrogen-bond donors (Lipinski definition) is 1. The molecule has 2 aromatic rings. The van der Waals surface area contributed by atoms with Gasteiger partial charge >= 0.3 is 0 Å². The molecule has 2 unspecified atom stereocenters.